The van der Waals surface area contributed by atoms with Gasteiger partial charge in [-0.25, -0.2) is 0 Å². The molecule has 0 spiro atoms. The molecule has 1 aliphatic rings. The molecule has 6 nitrogen and oxygen atoms in total. The number of nitrogens with one attached hydrogen (secondary N) is 1. The second-order valence-electron chi connectivity index (χ2n) is 7.02. The fourth-order valence-corrected chi connectivity index (χ4v) is 3.47. The maximum atomic E-state index is 12.8. The smallest absolute Gasteiger partial charge is 0.255 e. The van der Waals surface area contributed by atoms with Gasteiger partial charge >= 0.3 is 0 Å². The maximum Gasteiger partial charge on any atom is 0.255 e. The number of carbonyl (C=O) groups is 1. The molecule has 7 heteroatoms. The fraction of sp³-hybridized carbons (Fsp3) is 0.435. The highest BCUT2D eigenvalue weighted by molar-refractivity contribution is 6.32. The van der Waals surface area contributed by atoms with E-state index in [0.717, 1.165) is 50.5 Å². The topological polar surface area (TPSA) is 60.0 Å². The first-order valence-electron chi connectivity index (χ1n) is 10.5. The maximum absolute atomic E-state index is 12.8. The van der Waals surface area contributed by atoms with Crippen LogP contribution in [-0.4, -0.2) is 45.4 Å². The first-order chi connectivity index (χ1) is 14.6. The first kappa shape index (κ1) is 22.2. The highest BCUT2D eigenvalue weighted by atomic mass is 35.5. The Kier molecular flexibility index (Phi) is 8.22. The number of morpholine rings is 1. The molecule has 1 saturated heterocycles. The summed E-state index contributed by atoms with van der Waals surface area (Å²) in [5.74, 6) is 0.712. The number of carbonyl (C=O) groups excluding carboxylic acids is 1. The van der Waals surface area contributed by atoms with Gasteiger partial charge in [-0.2, -0.15) is 0 Å². The van der Waals surface area contributed by atoms with Gasteiger partial charge in [-0.3, -0.25) is 4.79 Å². The number of rotatable bonds is 9. The standard InChI is InChI=1S/C23H29ClN2O4/c1-3-5-12-30-22-20(24)15-17(16-21(22)29-4-2)23(27)25-18-6-8-19(9-7-18)26-10-13-28-14-11-26/h6-9,15-16H,3-5,10-14H2,1-2H3,(H,25,27). The van der Waals surface area contributed by atoms with Crippen LogP contribution in [0.4, 0.5) is 11.4 Å². The zero-order chi connectivity index (χ0) is 21.3. The largest absolute Gasteiger partial charge is 0.490 e. The number of nitrogens with zero attached hydrogens (tertiary/aromatic N) is 1. The number of benzene rings is 2. The number of anilines is 2. The normalized spacial score (nSPS) is 13.8. The summed E-state index contributed by atoms with van der Waals surface area (Å²) in [5.41, 5.74) is 2.25. The average molecular weight is 433 g/mol. The molecule has 0 atom stereocenters. The summed E-state index contributed by atoms with van der Waals surface area (Å²) >= 11 is 6.40. The predicted octanol–water partition coefficient (Wildman–Crippen LogP) is 5.01. The van der Waals surface area contributed by atoms with Crippen molar-refractivity contribution < 1.29 is 19.0 Å². The van der Waals surface area contributed by atoms with Crippen molar-refractivity contribution in [1.82, 2.24) is 0 Å². The van der Waals surface area contributed by atoms with E-state index in [2.05, 4.69) is 17.1 Å². The van der Waals surface area contributed by atoms with Gasteiger partial charge in [0.1, 0.15) is 0 Å². The average Bonchev–Trinajstić information content (AvgIpc) is 2.76. The summed E-state index contributed by atoms with van der Waals surface area (Å²) in [6.45, 7) is 8.20. The van der Waals surface area contributed by atoms with E-state index < -0.39 is 0 Å². The van der Waals surface area contributed by atoms with Crippen LogP contribution in [0.3, 0.4) is 0 Å². The molecule has 30 heavy (non-hydrogen) atoms. The molecule has 0 bridgehead atoms. The highest BCUT2D eigenvalue weighted by Crippen LogP contribution is 2.37. The molecule has 0 radical (unpaired) electrons. The zero-order valence-electron chi connectivity index (χ0n) is 17.6. The molecule has 0 aliphatic carbocycles. The van der Waals surface area contributed by atoms with E-state index in [-0.39, 0.29) is 5.91 Å². The van der Waals surface area contributed by atoms with Gasteiger partial charge < -0.3 is 24.4 Å². The van der Waals surface area contributed by atoms with Gasteiger partial charge in [0.2, 0.25) is 0 Å². The number of hydrogen-bond donors (Lipinski definition) is 1. The van der Waals surface area contributed by atoms with Crippen LogP contribution < -0.4 is 19.7 Å². The van der Waals surface area contributed by atoms with Gasteiger partial charge in [-0.1, -0.05) is 24.9 Å². The Balaban J connectivity index is 1.71. The van der Waals surface area contributed by atoms with Gasteiger partial charge in [-0.05, 0) is 49.7 Å². The monoisotopic (exact) mass is 432 g/mol. The molecule has 1 N–H and O–H groups in total. The van der Waals surface area contributed by atoms with Crippen LogP contribution >= 0.6 is 11.6 Å². The van der Waals surface area contributed by atoms with Crippen LogP contribution in [0.15, 0.2) is 36.4 Å². The summed E-state index contributed by atoms with van der Waals surface area (Å²) in [7, 11) is 0. The molecule has 0 aromatic heterocycles. The Bertz CT molecular complexity index is 836. The third-order valence-corrected chi connectivity index (χ3v) is 5.10. The molecule has 3 rings (SSSR count). The Labute approximate surface area is 183 Å². The molecule has 1 amide bonds. The minimum Gasteiger partial charge on any atom is -0.490 e. The summed E-state index contributed by atoms with van der Waals surface area (Å²) < 4.78 is 16.8. The van der Waals surface area contributed by atoms with Crippen molar-refractivity contribution in [2.24, 2.45) is 0 Å². The van der Waals surface area contributed by atoms with Crippen LogP contribution in [0.25, 0.3) is 0 Å². The highest BCUT2D eigenvalue weighted by Gasteiger charge is 2.17. The van der Waals surface area contributed by atoms with Crippen molar-refractivity contribution in [3.8, 4) is 11.5 Å². The minimum absolute atomic E-state index is 0.253. The Morgan fingerprint density at radius 2 is 1.87 bits per heavy atom. The lowest BCUT2D eigenvalue weighted by atomic mass is 10.1. The summed E-state index contributed by atoms with van der Waals surface area (Å²) in [4.78, 5) is 15.1. The number of ether oxygens (including phenoxy) is 3. The van der Waals surface area contributed by atoms with Crippen molar-refractivity contribution in [2.45, 2.75) is 26.7 Å². The Morgan fingerprint density at radius 3 is 2.53 bits per heavy atom. The van der Waals surface area contributed by atoms with Crippen molar-refractivity contribution in [3.63, 3.8) is 0 Å². The summed E-state index contributed by atoms with van der Waals surface area (Å²) in [5, 5.41) is 3.29. The Morgan fingerprint density at radius 1 is 1.13 bits per heavy atom. The molecule has 0 unspecified atom stereocenters. The molecular formula is C23H29ClN2O4. The predicted molar refractivity (Wildman–Crippen MR) is 120 cm³/mol. The van der Waals surface area contributed by atoms with Crippen LogP contribution in [0.2, 0.25) is 5.02 Å². The number of halogens is 1. The van der Waals surface area contributed by atoms with Crippen LogP contribution in [0.1, 0.15) is 37.0 Å². The van der Waals surface area contributed by atoms with Crippen molar-refractivity contribution >= 4 is 28.9 Å². The van der Waals surface area contributed by atoms with E-state index in [9.17, 15) is 4.79 Å². The minimum atomic E-state index is -0.253. The number of unbranched alkanes of at least 4 members (excludes halogenated alkanes) is 1. The molecular weight excluding hydrogens is 404 g/mol. The van der Waals surface area contributed by atoms with Crippen molar-refractivity contribution in [2.75, 3.05) is 49.7 Å². The van der Waals surface area contributed by atoms with Gasteiger partial charge in [0.15, 0.2) is 11.5 Å². The van der Waals surface area contributed by atoms with Gasteiger partial charge in [-0.15, -0.1) is 0 Å². The third kappa shape index (κ3) is 5.80. The zero-order valence-corrected chi connectivity index (χ0v) is 18.3. The lowest BCUT2D eigenvalue weighted by molar-refractivity contribution is 0.102. The quantitative estimate of drug-likeness (QED) is 0.564. The number of amides is 1. The van der Waals surface area contributed by atoms with Gasteiger partial charge in [0.05, 0.1) is 31.5 Å². The van der Waals surface area contributed by atoms with Crippen molar-refractivity contribution in [3.05, 3.63) is 47.0 Å². The SMILES string of the molecule is CCCCOc1c(Cl)cc(C(=O)Nc2ccc(N3CCOCC3)cc2)cc1OCC. The van der Waals surface area contributed by atoms with E-state index in [1.807, 2.05) is 31.2 Å². The van der Waals surface area contributed by atoms with Crippen molar-refractivity contribution in [1.29, 1.82) is 0 Å². The lowest BCUT2D eigenvalue weighted by Gasteiger charge is -2.28. The van der Waals surface area contributed by atoms with Crippen LogP contribution in [-0.2, 0) is 4.74 Å². The Hall–Kier alpha value is -2.44. The van der Waals surface area contributed by atoms with E-state index in [1.54, 1.807) is 12.1 Å². The van der Waals surface area contributed by atoms with E-state index >= 15 is 0 Å². The van der Waals surface area contributed by atoms with E-state index in [0.29, 0.717) is 35.3 Å². The van der Waals surface area contributed by atoms with Gasteiger partial charge in [0.25, 0.3) is 5.91 Å². The fourth-order valence-electron chi connectivity index (χ4n) is 3.20. The first-order valence-corrected chi connectivity index (χ1v) is 10.8. The summed E-state index contributed by atoms with van der Waals surface area (Å²) in [6, 6.07) is 11.1. The molecule has 162 valence electrons. The second kappa shape index (κ2) is 11.1. The molecule has 2 aromatic rings. The van der Waals surface area contributed by atoms with E-state index in [1.165, 1.54) is 0 Å². The molecule has 1 fully saturated rings. The summed E-state index contributed by atoms with van der Waals surface area (Å²) in [6.07, 6.45) is 1.94. The van der Waals surface area contributed by atoms with Crippen LogP contribution in [0.5, 0.6) is 11.5 Å². The van der Waals surface area contributed by atoms with E-state index in [4.69, 9.17) is 25.8 Å². The molecule has 0 saturated carbocycles. The lowest BCUT2D eigenvalue weighted by Crippen LogP contribution is -2.36. The molecule has 1 aliphatic heterocycles. The molecule has 2 aromatic carbocycles. The number of hydrogen-bond acceptors (Lipinski definition) is 5. The van der Waals surface area contributed by atoms with Crippen LogP contribution in [0, 0.1) is 0 Å². The third-order valence-electron chi connectivity index (χ3n) is 4.82. The van der Waals surface area contributed by atoms with Gasteiger partial charge in [0, 0.05) is 30.0 Å². The molecule has 1 heterocycles. The second-order valence-corrected chi connectivity index (χ2v) is 7.43.